The summed E-state index contributed by atoms with van der Waals surface area (Å²) in [6.07, 6.45) is 2.41. The molecule has 0 spiro atoms. The second kappa shape index (κ2) is 7.25. The van der Waals surface area contributed by atoms with Crippen LogP contribution in [0.25, 0.3) is 0 Å². The van der Waals surface area contributed by atoms with Crippen molar-refractivity contribution in [2.75, 3.05) is 12.3 Å². The fourth-order valence-electron chi connectivity index (χ4n) is 2.40. The number of nitrogens with one attached hydrogen (secondary N) is 2. The van der Waals surface area contributed by atoms with E-state index in [1.165, 1.54) is 12.1 Å². The first-order valence-corrected chi connectivity index (χ1v) is 9.67. The molecule has 0 saturated heterocycles. The summed E-state index contributed by atoms with van der Waals surface area (Å²) in [6, 6.07) is 13.6. The summed E-state index contributed by atoms with van der Waals surface area (Å²) in [5, 5.41) is 2.81. The Labute approximate surface area is 147 Å². The number of carbonyl (C=O) groups is 1. The Morgan fingerprint density at radius 2 is 1.84 bits per heavy atom. The summed E-state index contributed by atoms with van der Waals surface area (Å²) < 4.78 is 27.1. The molecule has 0 radical (unpaired) electrons. The number of nitrogens with two attached hydrogens (primary N) is 1. The van der Waals surface area contributed by atoms with Gasteiger partial charge in [-0.15, -0.1) is 0 Å². The van der Waals surface area contributed by atoms with Crippen molar-refractivity contribution in [3.8, 4) is 0 Å². The monoisotopic (exact) mass is 359 g/mol. The topological polar surface area (TPSA) is 101 Å². The van der Waals surface area contributed by atoms with Crippen molar-refractivity contribution in [3.05, 3.63) is 59.7 Å². The van der Waals surface area contributed by atoms with E-state index in [1.54, 1.807) is 12.1 Å². The van der Waals surface area contributed by atoms with Gasteiger partial charge in [0.1, 0.15) is 0 Å². The SMILES string of the molecule is Nc1ccc(CCNC(=O)c2cccc(S(=O)(=O)NC3CC3)c2)cc1. The van der Waals surface area contributed by atoms with Gasteiger partial charge in [-0.2, -0.15) is 0 Å². The van der Waals surface area contributed by atoms with Gasteiger partial charge in [0.2, 0.25) is 10.0 Å². The van der Waals surface area contributed by atoms with Crippen LogP contribution in [0.15, 0.2) is 53.4 Å². The number of anilines is 1. The highest BCUT2D eigenvalue weighted by Gasteiger charge is 2.28. The van der Waals surface area contributed by atoms with Crippen molar-refractivity contribution >= 4 is 21.6 Å². The maximum Gasteiger partial charge on any atom is 0.251 e. The molecule has 0 aliphatic heterocycles. The van der Waals surface area contributed by atoms with Gasteiger partial charge in [-0.1, -0.05) is 18.2 Å². The van der Waals surface area contributed by atoms with Gasteiger partial charge < -0.3 is 11.1 Å². The van der Waals surface area contributed by atoms with E-state index < -0.39 is 10.0 Å². The molecule has 0 aromatic heterocycles. The summed E-state index contributed by atoms with van der Waals surface area (Å²) in [5.41, 5.74) is 7.74. The third-order valence-electron chi connectivity index (χ3n) is 3.98. The number of hydrogen-bond donors (Lipinski definition) is 3. The predicted molar refractivity (Wildman–Crippen MR) is 96.7 cm³/mol. The van der Waals surface area contributed by atoms with E-state index in [4.69, 9.17) is 5.73 Å². The minimum atomic E-state index is -3.56. The Bertz CT molecular complexity index is 859. The quantitative estimate of drug-likeness (QED) is 0.655. The second-order valence-electron chi connectivity index (χ2n) is 6.17. The molecule has 25 heavy (non-hydrogen) atoms. The van der Waals surface area contributed by atoms with E-state index in [0.29, 0.717) is 24.2 Å². The van der Waals surface area contributed by atoms with Crippen LogP contribution in [0, 0.1) is 0 Å². The van der Waals surface area contributed by atoms with E-state index in [9.17, 15) is 13.2 Å². The number of carbonyl (C=O) groups excluding carboxylic acids is 1. The zero-order valence-corrected chi connectivity index (χ0v) is 14.6. The predicted octanol–water partition coefficient (Wildman–Crippen LogP) is 1.68. The zero-order chi connectivity index (χ0) is 17.9. The van der Waals surface area contributed by atoms with Crippen LogP contribution in [0.2, 0.25) is 0 Å². The van der Waals surface area contributed by atoms with Crippen LogP contribution in [0.1, 0.15) is 28.8 Å². The Morgan fingerprint density at radius 1 is 1.12 bits per heavy atom. The largest absolute Gasteiger partial charge is 0.399 e. The normalized spacial score (nSPS) is 14.2. The first-order valence-electron chi connectivity index (χ1n) is 8.19. The lowest BCUT2D eigenvalue weighted by Gasteiger charge is -2.09. The molecule has 0 bridgehead atoms. The first kappa shape index (κ1) is 17.4. The minimum absolute atomic E-state index is 0.0300. The van der Waals surface area contributed by atoms with Crippen LogP contribution in [-0.2, 0) is 16.4 Å². The number of rotatable bonds is 7. The third-order valence-corrected chi connectivity index (χ3v) is 5.50. The van der Waals surface area contributed by atoms with Crippen molar-refractivity contribution in [2.24, 2.45) is 0 Å². The minimum Gasteiger partial charge on any atom is -0.399 e. The molecule has 4 N–H and O–H groups in total. The summed E-state index contributed by atoms with van der Waals surface area (Å²) in [6.45, 7) is 0.458. The van der Waals surface area contributed by atoms with Crippen molar-refractivity contribution in [3.63, 3.8) is 0 Å². The van der Waals surface area contributed by atoms with Crippen molar-refractivity contribution in [1.29, 1.82) is 0 Å². The highest BCUT2D eigenvalue weighted by Crippen LogP contribution is 2.22. The van der Waals surface area contributed by atoms with Gasteiger partial charge in [0.15, 0.2) is 0 Å². The Hall–Kier alpha value is -2.38. The lowest BCUT2D eigenvalue weighted by Crippen LogP contribution is -2.28. The molecule has 0 atom stereocenters. The molecule has 3 rings (SSSR count). The molecule has 6 nitrogen and oxygen atoms in total. The standard InChI is InChI=1S/C18H21N3O3S/c19-15-6-4-13(5-7-15)10-11-20-18(22)14-2-1-3-17(12-14)25(23,24)21-16-8-9-16/h1-7,12,16,21H,8-11,19H2,(H,20,22). The molecule has 1 fully saturated rings. The summed E-state index contributed by atoms with van der Waals surface area (Å²) in [4.78, 5) is 12.4. The molecule has 0 heterocycles. The van der Waals surface area contributed by atoms with Gasteiger partial charge in [0, 0.05) is 23.8 Å². The van der Waals surface area contributed by atoms with E-state index in [1.807, 2.05) is 24.3 Å². The van der Waals surface area contributed by atoms with Crippen LogP contribution in [0.3, 0.4) is 0 Å². The van der Waals surface area contributed by atoms with Crippen LogP contribution in [0.5, 0.6) is 0 Å². The fraction of sp³-hybridized carbons (Fsp3) is 0.278. The van der Waals surface area contributed by atoms with E-state index in [2.05, 4.69) is 10.0 Å². The van der Waals surface area contributed by atoms with Gasteiger partial charge in [0.05, 0.1) is 4.90 Å². The van der Waals surface area contributed by atoms with E-state index >= 15 is 0 Å². The number of hydrogen-bond acceptors (Lipinski definition) is 4. The van der Waals surface area contributed by atoms with Crippen LogP contribution >= 0.6 is 0 Å². The lowest BCUT2D eigenvalue weighted by atomic mass is 10.1. The highest BCUT2D eigenvalue weighted by molar-refractivity contribution is 7.89. The summed E-state index contributed by atoms with van der Waals surface area (Å²) in [5.74, 6) is -0.293. The van der Waals surface area contributed by atoms with Crippen molar-refractivity contribution in [1.82, 2.24) is 10.0 Å². The van der Waals surface area contributed by atoms with E-state index in [-0.39, 0.29) is 16.8 Å². The second-order valence-corrected chi connectivity index (χ2v) is 7.88. The Morgan fingerprint density at radius 3 is 2.52 bits per heavy atom. The maximum absolute atomic E-state index is 12.3. The number of sulfonamides is 1. The smallest absolute Gasteiger partial charge is 0.251 e. The number of benzene rings is 2. The third kappa shape index (κ3) is 4.80. The molecule has 0 unspecified atom stereocenters. The number of nitrogen functional groups attached to an aromatic ring is 1. The molecular formula is C18H21N3O3S. The van der Waals surface area contributed by atoms with E-state index in [0.717, 1.165) is 18.4 Å². The zero-order valence-electron chi connectivity index (χ0n) is 13.7. The summed E-state index contributed by atoms with van der Waals surface area (Å²) in [7, 11) is -3.56. The highest BCUT2D eigenvalue weighted by atomic mass is 32.2. The molecule has 132 valence electrons. The van der Waals surface area contributed by atoms with Gasteiger partial charge in [0.25, 0.3) is 5.91 Å². The van der Waals surface area contributed by atoms with Crippen LogP contribution in [-0.4, -0.2) is 26.9 Å². The molecule has 2 aromatic carbocycles. The van der Waals surface area contributed by atoms with Crippen molar-refractivity contribution < 1.29 is 13.2 Å². The molecule has 2 aromatic rings. The first-order chi connectivity index (χ1) is 11.9. The maximum atomic E-state index is 12.3. The molecule has 1 aliphatic carbocycles. The molecule has 1 aliphatic rings. The molecule has 1 amide bonds. The van der Waals surface area contributed by atoms with Gasteiger partial charge >= 0.3 is 0 Å². The van der Waals surface area contributed by atoms with Gasteiger partial charge in [-0.25, -0.2) is 13.1 Å². The van der Waals surface area contributed by atoms with Gasteiger partial charge in [-0.3, -0.25) is 4.79 Å². The Balaban J connectivity index is 1.60. The Kier molecular flexibility index (Phi) is 5.06. The van der Waals surface area contributed by atoms with Gasteiger partial charge in [-0.05, 0) is 55.2 Å². The lowest BCUT2D eigenvalue weighted by molar-refractivity contribution is 0.0954. The summed E-state index contributed by atoms with van der Waals surface area (Å²) >= 11 is 0. The van der Waals surface area contributed by atoms with Crippen LogP contribution in [0.4, 0.5) is 5.69 Å². The average molecular weight is 359 g/mol. The number of amides is 1. The molecular weight excluding hydrogens is 338 g/mol. The fourth-order valence-corrected chi connectivity index (χ4v) is 3.75. The molecule has 1 saturated carbocycles. The molecule has 7 heteroatoms. The van der Waals surface area contributed by atoms with Crippen molar-refractivity contribution in [2.45, 2.75) is 30.2 Å². The average Bonchev–Trinajstić information content (AvgIpc) is 3.40. The van der Waals surface area contributed by atoms with Crippen LogP contribution < -0.4 is 15.8 Å².